The lowest BCUT2D eigenvalue weighted by Crippen LogP contribution is -2.53. The number of amides is 1. The number of aromatic nitrogens is 3. The highest BCUT2D eigenvalue weighted by Gasteiger charge is 2.60. The molecule has 3 rings (SSSR count). The van der Waals surface area contributed by atoms with Gasteiger partial charge < -0.3 is 16.2 Å². The van der Waals surface area contributed by atoms with E-state index in [9.17, 15) is 36.2 Å². The molecule has 0 bridgehead atoms. The van der Waals surface area contributed by atoms with Gasteiger partial charge in [0.1, 0.15) is 0 Å². The Kier molecular flexibility index (Phi) is 5.13. The molecule has 166 valence electrons. The van der Waals surface area contributed by atoms with Gasteiger partial charge in [0.2, 0.25) is 0 Å². The van der Waals surface area contributed by atoms with Crippen molar-refractivity contribution in [2.24, 2.45) is 0 Å². The summed E-state index contributed by atoms with van der Waals surface area (Å²) in [5.74, 6) is -2.26. The molecule has 3 aromatic rings. The molecule has 0 spiro atoms. The number of hydrogen-bond acceptors (Lipinski definition) is 5. The van der Waals surface area contributed by atoms with E-state index in [1.165, 1.54) is 13.0 Å². The number of hydrogen-bond donors (Lipinski definition) is 3. The number of halogens is 6. The van der Waals surface area contributed by atoms with Crippen molar-refractivity contribution in [2.45, 2.75) is 24.9 Å². The predicted octanol–water partition coefficient (Wildman–Crippen LogP) is 2.80. The number of aryl methyl sites for hydroxylation is 1. The molecule has 31 heavy (non-hydrogen) atoms. The first-order valence-electron chi connectivity index (χ1n) is 8.55. The summed E-state index contributed by atoms with van der Waals surface area (Å²) in [4.78, 5) is 19.1. The summed E-state index contributed by atoms with van der Waals surface area (Å²) in [6.07, 6.45) is -8.51. The van der Waals surface area contributed by atoms with Crippen LogP contribution in [0.4, 0.5) is 32.2 Å². The lowest BCUT2D eigenvalue weighted by atomic mass is 9.89. The molecule has 1 amide bonds. The van der Waals surface area contributed by atoms with E-state index in [2.05, 4.69) is 9.97 Å². The Hall–Kier alpha value is -3.35. The fourth-order valence-electron chi connectivity index (χ4n) is 3.08. The average Bonchev–Trinajstić information content (AvgIpc) is 3.10. The van der Waals surface area contributed by atoms with Gasteiger partial charge in [-0.15, -0.1) is 0 Å². The number of likely N-dealkylation sites (N-methyl/N-ethyl adjacent to an activating group) is 1. The second-order valence-corrected chi connectivity index (χ2v) is 6.66. The van der Waals surface area contributed by atoms with E-state index in [0.29, 0.717) is 11.8 Å². The van der Waals surface area contributed by atoms with Gasteiger partial charge in [-0.1, -0.05) is 12.1 Å². The number of benzene rings is 1. The smallest absolute Gasteiger partial charge is 0.381 e. The minimum Gasteiger partial charge on any atom is -0.381 e. The monoisotopic (exact) mass is 447 g/mol. The molecule has 1 unspecified atom stereocenters. The Morgan fingerprint density at radius 3 is 2.39 bits per heavy atom. The zero-order valence-electron chi connectivity index (χ0n) is 15.9. The largest absolute Gasteiger partial charge is 0.434 e. The lowest BCUT2D eigenvalue weighted by Gasteiger charge is -2.29. The summed E-state index contributed by atoms with van der Waals surface area (Å²) in [5, 5.41) is 12.0. The van der Waals surface area contributed by atoms with E-state index < -0.39 is 40.9 Å². The van der Waals surface area contributed by atoms with Crippen molar-refractivity contribution in [3.8, 4) is 11.3 Å². The van der Waals surface area contributed by atoms with Gasteiger partial charge in [-0.3, -0.25) is 9.20 Å². The maximum atomic E-state index is 13.6. The van der Waals surface area contributed by atoms with Gasteiger partial charge in [0.05, 0.1) is 11.9 Å². The van der Waals surface area contributed by atoms with E-state index in [0.717, 1.165) is 29.8 Å². The third-order valence-electron chi connectivity index (χ3n) is 4.71. The quantitative estimate of drug-likeness (QED) is 0.536. The third-order valence-corrected chi connectivity index (χ3v) is 4.71. The molecular weight excluding hydrogens is 432 g/mol. The van der Waals surface area contributed by atoms with Crippen molar-refractivity contribution in [1.29, 1.82) is 0 Å². The van der Waals surface area contributed by atoms with Crippen molar-refractivity contribution in [3.63, 3.8) is 0 Å². The molecule has 0 saturated carbocycles. The summed E-state index contributed by atoms with van der Waals surface area (Å²) in [5.41, 5.74) is -0.337. The Labute approximate surface area is 170 Å². The van der Waals surface area contributed by atoms with Crippen LogP contribution in [0.1, 0.15) is 16.8 Å². The normalized spacial score (nSPS) is 14.5. The van der Waals surface area contributed by atoms with Crippen LogP contribution >= 0.6 is 0 Å². The molecule has 4 N–H and O–H groups in total. The SMILES string of the molecule is CNC(=O)C(O)(c1ccc(C)c(-c2cnc3c(N)nc(C(F)(F)F)cn23)c1)C(F)(F)F. The van der Waals surface area contributed by atoms with Crippen LogP contribution in [-0.4, -0.2) is 38.6 Å². The number of anilines is 1. The van der Waals surface area contributed by atoms with Crippen molar-refractivity contribution < 1.29 is 36.2 Å². The highest BCUT2D eigenvalue weighted by molar-refractivity contribution is 5.87. The molecule has 0 aliphatic rings. The highest BCUT2D eigenvalue weighted by Crippen LogP contribution is 2.41. The van der Waals surface area contributed by atoms with Gasteiger partial charge in [0.15, 0.2) is 17.2 Å². The molecular formula is C18H15F6N5O2. The van der Waals surface area contributed by atoms with Gasteiger partial charge in [-0.2, -0.15) is 26.3 Å². The number of aliphatic hydroxyl groups is 1. The minimum absolute atomic E-state index is 0.00435. The van der Waals surface area contributed by atoms with E-state index in [1.54, 1.807) is 5.32 Å². The molecule has 0 aliphatic carbocycles. The molecule has 13 heteroatoms. The number of carbonyl (C=O) groups is 1. The number of rotatable bonds is 3. The van der Waals surface area contributed by atoms with E-state index in [1.807, 2.05) is 0 Å². The second kappa shape index (κ2) is 7.11. The molecule has 1 atom stereocenters. The number of nitrogens with two attached hydrogens (primary N) is 1. The van der Waals surface area contributed by atoms with E-state index in [4.69, 9.17) is 5.73 Å². The van der Waals surface area contributed by atoms with E-state index in [-0.39, 0.29) is 16.9 Å². The number of fused-ring (bicyclic) bond motifs is 1. The van der Waals surface area contributed by atoms with Gasteiger partial charge >= 0.3 is 12.4 Å². The van der Waals surface area contributed by atoms with Crippen molar-refractivity contribution in [2.75, 3.05) is 12.8 Å². The summed E-state index contributed by atoms with van der Waals surface area (Å²) in [6.45, 7) is 1.49. The number of nitrogens with one attached hydrogen (secondary N) is 1. The second-order valence-electron chi connectivity index (χ2n) is 6.66. The van der Waals surface area contributed by atoms with Crippen molar-refractivity contribution in [1.82, 2.24) is 19.7 Å². The highest BCUT2D eigenvalue weighted by atomic mass is 19.4. The zero-order valence-corrected chi connectivity index (χ0v) is 15.9. The summed E-state index contributed by atoms with van der Waals surface area (Å²) in [6, 6.07) is 2.96. The number of nitrogens with zero attached hydrogens (tertiary/aromatic N) is 3. The molecule has 0 aliphatic heterocycles. The number of imidazole rings is 1. The van der Waals surface area contributed by atoms with Crippen LogP contribution in [0.3, 0.4) is 0 Å². The fourth-order valence-corrected chi connectivity index (χ4v) is 3.08. The van der Waals surface area contributed by atoms with Crippen LogP contribution in [0, 0.1) is 6.92 Å². The molecule has 2 aromatic heterocycles. The maximum absolute atomic E-state index is 13.6. The van der Waals surface area contributed by atoms with Crippen molar-refractivity contribution >= 4 is 17.4 Å². The zero-order chi connectivity index (χ0) is 23.4. The Balaban J connectivity index is 2.29. The Morgan fingerprint density at radius 2 is 1.84 bits per heavy atom. The molecule has 0 radical (unpaired) electrons. The van der Waals surface area contributed by atoms with Gasteiger partial charge in [0, 0.05) is 24.4 Å². The number of carbonyl (C=O) groups excluding carboxylic acids is 1. The Bertz CT molecular complexity index is 1170. The predicted molar refractivity (Wildman–Crippen MR) is 96.6 cm³/mol. The summed E-state index contributed by atoms with van der Waals surface area (Å²) < 4.78 is 81.2. The van der Waals surface area contributed by atoms with Crippen LogP contribution < -0.4 is 11.1 Å². The van der Waals surface area contributed by atoms with Gasteiger partial charge in [0.25, 0.3) is 11.5 Å². The van der Waals surface area contributed by atoms with Gasteiger partial charge in [-0.05, 0) is 18.6 Å². The molecule has 0 saturated heterocycles. The lowest BCUT2D eigenvalue weighted by molar-refractivity contribution is -0.256. The number of nitrogen functional groups attached to an aromatic ring is 1. The van der Waals surface area contributed by atoms with Crippen molar-refractivity contribution in [3.05, 3.63) is 47.4 Å². The maximum Gasteiger partial charge on any atom is 0.434 e. The molecule has 1 aromatic carbocycles. The fraction of sp³-hybridized carbons (Fsp3) is 0.278. The first-order chi connectivity index (χ1) is 14.2. The van der Waals surface area contributed by atoms with Crippen LogP contribution in [0.25, 0.3) is 16.9 Å². The molecule has 2 heterocycles. The van der Waals surface area contributed by atoms with Crippen LogP contribution in [0.5, 0.6) is 0 Å². The summed E-state index contributed by atoms with van der Waals surface area (Å²) in [7, 11) is 0.924. The standard InChI is InChI=1S/C18H15F6N5O2/c1-8-3-4-9(16(31,15(30)26-2)18(22,23)24)5-10(8)11-6-27-14-13(25)28-12(7-29(11)14)17(19,20)21/h3-7,31H,1-2H3,(H2,25,28)(H,26,30). The average molecular weight is 447 g/mol. The minimum atomic E-state index is -5.38. The van der Waals surface area contributed by atoms with Crippen LogP contribution in [0.2, 0.25) is 0 Å². The molecule has 0 fully saturated rings. The first-order valence-corrected chi connectivity index (χ1v) is 8.55. The van der Waals surface area contributed by atoms with Crippen LogP contribution in [0.15, 0.2) is 30.6 Å². The summed E-state index contributed by atoms with van der Waals surface area (Å²) >= 11 is 0. The van der Waals surface area contributed by atoms with Gasteiger partial charge in [-0.25, -0.2) is 9.97 Å². The topological polar surface area (TPSA) is 106 Å². The molecule has 7 nitrogen and oxygen atoms in total. The Morgan fingerprint density at radius 1 is 1.19 bits per heavy atom. The first kappa shape index (κ1) is 22.3. The van der Waals surface area contributed by atoms with E-state index >= 15 is 0 Å². The third kappa shape index (κ3) is 3.54. The van der Waals surface area contributed by atoms with Crippen LogP contribution in [-0.2, 0) is 16.6 Å². The number of alkyl halides is 6.